The molecule has 26 heavy (non-hydrogen) atoms. The number of terminal acetylenes is 1. The number of morpholine rings is 1. The zero-order chi connectivity index (χ0) is 18.4. The molecule has 2 aliphatic rings. The molecule has 1 fully saturated rings. The van der Waals surface area contributed by atoms with Crippen LogP contribution in [0, 0.1) is 19.3 Å². The van der Waals surface area contributed by atoms with Gasteiger partial charge in [-0.05, 0) is 19.1 Å². The molecule has 1 aromatic rings. The van der Waals surface area contributed by atoms with E-state index < -0.39 is 5.66 Å². The van der Waals surface area contributed by atoms with Crippen LogP contribution < -0.4 is 5.32 Å². The van der Waals surface area contributed by atoms with E-state index in [1.807, 2.05) is 0 Å². The minimum Gasteiger partial charge on any atom is -0.379 e. The van der Waals surface area contributed by atoms with Crippen molar-refractivity contribution in [2.75, 3.05) is 32.8 Å². The Bertz CT molecular complexity index is 682. The standard InChI is InChI=1S/C19H26N4O2S/c1-3-4-8-19(21-22-19)9-7-18(24)20-14-16(17-6-5-15(2)26-17)23-10-12-25-13-11-23/h1,5-6,16H,4,7-14H2,2H3,(H,20,24). The highest BCUT2D eigenvalue weighted by Gasteiger charge is 2.39. The first-order chi connectivity index (χ1) is 12.6. The van der Waals surface area contributed by atoms with Crippen LogP contribution in [0.2, 0.25) is 0 Å². The third-order valence-corrected chi connectivity index (χ3v) is 5.98. The van der Waals surface area contributed by atoms with Crippen molar-refractivity contribution in [3.8, 4) is 12.3 Å². The summed E-state index contributed by atoms with van der Waals surface area (Å²) < 4.78 is 5.47. The molecule has 3 heterocycles. The van der Waals surface area contributed by atoms with Gasteiger partial charge in [0, 0.05) is 55.1 Å². The van der Waals surface area contributed by atoms with Crippen molar-refractivity contribution in [3.63, 3.8) is 0 Å². The summed E-state index contributed by atoms with van der Waals surface area (Å²) in [5.41, 5.74) is -0.391. The van der Waals surface area contributed by atoms with E-state index in [2.05, 4.69) is 45.4 Å². The molecule has 1 atom stereocenters. The maximum Gasteiger partial charge on any atom is 0.220 e. The topological polar surface area (TPSA) is 66.3 Å². The third kappa shape index (κ3) is 5.13. The summed E-state index contributed by atoms with van der Waals surface area (Å²) in [5.74, 6) is 2.66. The first kappa shape index (κ1) is 19.0. The molecule has 140 valence electrons. The molecular formula is C19H26N4O2S. The second-order valence-electron chi connectivity index (χ2n) is 6.80. The van der Waals surface area contributed by atoms with Gasteiger partial charge >= 0.3 is 0 Å². The van der Waals surface area contributed by atoms with Gasteiger partial charge in [0.05, 0.1) is 19.3 Å². The Morgan fingerprint density at radius 1 is 1.42 bits per heavy atom. The van der Waals surface area contributed by atoms with Gasteiger partial charge in [-0.3, -0.25) is 9.69 Å². The quantitative estimate of drug-likeness (QED) is 0.676. The zero-order valence-electron chi connectivity index (χ0n) is 15.2. The van der Waals surface area contributed by atoms with Crippen molar-refractivity contribution in [3.05, 3.63) is 21.9 Å². The number of hydrogen-bond acceptors (Lipinski definition) is 6. The Morgan fingerprint density at radius 2 is 2.19 bits per heavy atom. The van der Waals surface area contributed by atoms with Gasteiger partial charge < -0.3 is 10.1 Å². The summed E-state index contributed by atoms with van der Waals surface area (Å²) in [6.45, 7) is 6.01. The van der Waals surface area contributed by atoms with E-state index in [1.54, 1.807) is 11.3 Å². The summed E-state index contributed by atoms with van der Waals surface area (Å²) in [5, 5.41) is 11.3. The van der Waals surface area contributed by atoms with E-state index in [1.165, 1.54) is 9.75 Å². The summed E-state index contributed by atoms with van der Waals surface area (Å²) in [6, 6.07) is 4.51. The Hall–Kier alpha value is -1.75. The fourth-order valence-electron chi connectivity index (χ4n) is 3.21. The average molecular weight is 375 g/mol. The lowest BCUT2D eigenvalue weighted by molar-refractivity contribution is -0.121. The summed E-state index contributed by atoms with van der Waals surface area (Å²) in [6.07, 6.45) is 7.75. The molecule has 6 nitrogen and oxygen atoms in total. The summed E-state index contributed by atoms with van der Waals surface area (Å²) in [7, 11) is 0. The zero-order valence-corrected chi connectivity index (χ0v) is 16.1. The average Bonchev–Trinajstić information content (AvgIpc) is 3.31. The van der Waals surface area contributed by atoms with Crippen LogP contribution in [-0.4, -0.2) is 49.3 Å². The SMILES string of the molecule is C#CCCC1(CCC(=O)NCC(c2ccc(C)s2)N2CCOCC2)N=N1. The molecule has 0 spiro atoms. The van der Waals surface area contributed by atoms with Crippen molar-refractivity contribution < 1.29 is 9.53 Å². The molecule has 2 aliphatic heterocycles. The number of nitrogens with one attached hydrogen (secondary N) is 1. The molecule has 0 aromatic carbocycles. The van der Waals surface area contributed by atoms with Gasteiger partial charge in [0.1, 0.15) is 0 Å². The summed E-state index contributed by atoms with van der Waals surface area (Å²) in [4.78, 5) is 17.3. The van der Waals surface area contributed by atoms with Crippen LogP contribution in [0.25, 0.3) is 0 Å². The first-order valence-electron chi connectivity index (χ1n) is 9.14. The Morgan fingerprint density at radius 3 is 2.81 bits per heavy atom. The van der Waals surface area contributed by atoms with Gasteiger partial charge in [0.2, 0.25) is 5.91 Å². The molecule has 7 heteroatoms. The Labute approximate surface area is 159 Å². The number of rotatable bonds is 9. The second-order valence-corrected chi connectivity index (χ2v) is 8.12. The van der Waals surface area contributed by atoms with E-state index in [0.717, 1.165) is 32.7 Å². The van der Waals surface area contributed by atoms with E-state index in [9.17, 15) is 4.79 Å². The highest BCUT2D eigenvalue weighted by molar-refractivity contribution is 7.12. The van der Waals surface area contributed by atoms with Gasteiger partial charge in [-0.2, -0.15) is 10.2 Å². The number of aryl methyl sites for hydroxylation is 1. The Balaban J connectivity index is 1.50. The van der Waals surface area contributed by atoms with Crippen LogP contribution in [0.5, 0.6) is 0 Å². The Kier molecular flexibility index (Phi) is 6.41. The molecule has 1 saturated heterocycles. The van der Waals surface area contributed by atoms with Gasteiger partial charge in [-0.15, -0.1) is 23.7 Å². The van der Waals surface area contributed by atoms with Crippen LogP contribution >= 0.6 is 11.3 Å². The van der Waals surface area contributed by atoms with Gasteiger partial charge in [-0.25, -0.2) is 0 Å². The predicted octanol–water partition coefficient (Wildman–Crippen LogP) is 2.90. The lowest BCUT2D eigenvalue weighted by Gasteiger charge is -2.34. The monoisotopic (exact) mass is 374 g/mol. The van der Waals surface area contributed by atoms with Gasteiger partial charge in [0.25, 0.3) is 0 Å². The normalized spacial score (nSPS) is 19.7. The summed E-state index contributed by atoms with van der Waals surface area (Å²) >= 11 is 1.80. The number of nitrogens with zero attached hydrogens (tertiary/aromatic N) is 3. The fraction of sp³-hybridized carbons (Fsp3) is 0.632. The smallest absolute Gasteiger partial charge is 0.220 e. The molecular weight excluding hydrogens is 348 g/mol. The molecule has 0 saturated carbocycles. The molecule has 0 radical (unpaired) electrons. The minimum absolute atomic E-state index is 0.0499. The highest BCUT2D eigenvalue weighted by atomic mass is 32.1. The molecule has 1 amide bonds. The number of ether oxygens (including phenoxy) is 1. The first-order valence-corrected chi connectivity index (χ1v) is 9.96. The molecule has 1 N–H and O–H groups in total. The number of amides is 1. The minimum atomic E-state index is -0.391. The van der Waals surface area contributed by atoms with Crippen LogP contribution in [0.15, 0.2) is 22.4 Å². The van der Waals surface area contributed by atoms with Gasteiger partial charge in [0.15, 0.2) is 5.66 Å². The molecule has 0 bridgehead atoms. The number of carbonyl (C=O) groups is 1. The lowest BCUT2D eigenvalue weighted by Crippen LogP contribution is -2.43. The van der Waals surface area contributed by atoms with Crippen molar-refractivity contribution >= 4 is 17.2 Å². The van der Waals surface area contributed by atoms with Crippen LogP contribution in [-0.2, 0) is 9.53 Å². The molecule has 3 rings (SSSR count). The van der Waals surface area contributed by atoms with Crippen LogP contribution in [0.3, 0.4) is 0 Å². The van der Waals surface area contributed by atoms with Crippen molar-refractivity contribution in [2.45, 2.75) is 44.3 Å². The van der Waals surface area contributed by atoms with Crippen LogP contribution in [0.4, 0.5) is 0 Å². The van der Waals surface area contributed by atoms with E-state index in [4.69, 9.17) is 11.2 Å². The third-order valence-electron chi connectivity index (χ3n) is 4.87. The molecule has 1 aromatic heterocycles. The van der Waals surface area contributed by atoms with E-state index in [-0.39, 0.29) is 11.9 Å². The highest BCUT2D eigenvalue weighted by Crippen LogP contribution is 2.37. The van der Waals surface area contributed by atoms with Gasteiger partial charge in [-0.1, -0.05) is 0 Å². The number of carbonyl (C=O) groups excluding carboxylic acids is 1. The maximum atomic E-state index is 12.3. The lowest BCUT2D eigenvalue weighted by atomic mass is 10.0. The van der Waals surface area contributed by atoms with Crippen molar-refractivity contribution in [2.24, 2.45) is 10.2 Å². The fourth-order valence-corrected chi connectivity index (χ4v) is 4.22. The van der Waals surface area contributed by atoms with E-state index >= 15 is 0 Å². The van der Waals surface area contributed by atoms with Crippen LogP contribution in [0.1, 0.15) is 41.5 Å². The molecule has 0 aliphatic carbocycles. The largest absolute Gasteiger partial charge is 0.379 e. The number of hydrogen-bond donors (Lipinski definition) is 1. The number of thiophene rings is 1. The van der Waals surface area contributed by atoms with E-state index in [0.29, 0.717) is 25.8 Å². The maximum absolute atomic E-state index is 12.3. The molecule has 1 unspecified atom stereocenters. The predicted molar refractivity (Wildman–Crippen MR) is 102 cm³/mol. The second kappa shape index (κ2) is 8.76. The van der Waals surface area contributed by atoms with Crippen molar-refractivity contribution in [1.29, 1.82) is 0 Å². The van der Waals surface area contributed by atoms with Crippen molar-refractivity contribution in [1.82, 2.24) is 10.2 Å².